The molecule has 1 saturated heterocycles. The predicted molar refractivity (Wildman–Crippen MR) is 58.4 cm³/mol. The molecule has 0 saturated carbocycles. The molecule has 0 radical (unpaired) electrons. The zero-order chi connectivity index (χ0) is 10.8. The molecule has 1 aromatic heterocycles. The summed E-state index contributed by atoms with van der Waals surface area (Å²) in [4.78, 5) is 2.31. The Labute approximate surface area is 90.5 Å². The quantitative estimate of drug-likeness (QED) is 0.783. The molecule has 0 unspecified atom stereocenters. The Kier molecular flexibility index (Phi) is 3.07. The normalized spacial score (nSPS) is 21.8. The van der Waals surface area contributed by atoms with Gasteiger partial charge in [0.2, 0.25) is 0 Å². The Morgan fingerprint density at radius 1 is 1.40 bits per heavy atom. The predicted octanol–water partition coefficient (Wildman–Crippen LogP) is 0.795. The van der Waals surface area contributed by atoms with Crippen molar-refractivity contribution in [2.75, 3.05) is 20.1 Å². The van der Waals surface area contributed by atoms with Crippen LogP contribution in [-0.2, 0) is 7.05 Å². The minimum Gasteiger partial charge on any atom is -0.387 e. The Balaban J connectivity index is 2.02. The maximum atomic E-state index is 10.2. The highest BCUT2D eigenvalue weighted by atomic mass is 16.3. The number of aliphatic hydroxyl groups is 1. The second-order valence-corrected chi connectivity index (χ2v) is 4.47. The lowest BCUT2D eigenvalue weighted by atomic mass is 9.90. The molecular weight excluding hydrogens is 190 g/mol. The van der Waals surface area contributed by atoms with Crippen LogP contribution in [0.1, 0.15) is 24.6 Å². The van der Waals surface area contributed by atoms with E-state index in [1.807, 2.05) is 13.1 Å². The van der Waals surface area contributed by atoms with Crippen LogP contribution in [0.25, 0.3) is 0 Å². The SMILES string of the molecule is CN1CCC([C@H](O)c2ccnn2C)CC1. The first kappa shape index (κ1) is 10.6. The molecule has 4 nitrogen and oxygen atoms in total. The van der Waals surface area contributed by atoms with E-state index in [1.54, 1.807) is 10.9 Å². The van der Waals surface area contributed by atoms with Gasteiger partial charge in [-0.05, 0) is 45.0 Å². The molecule has 84 valence electrons. The second-order valence-electron chi connectivity index (χ2n) is 4.47. The standard InChI is InChI=1S/C11H19N3O/c1-13-7-4-9(5-8-13)11(15)10-3-6-12-14(10)2/h3,6,9,11,15H,4-5,7-8H2,1-2H3/t11-/m0/s1. The fraction of sp³-hybridized carbons (Fsp3) is 0.727. The highest BCUT2D eigenvalue weighted by molar-refractivity contribution is 5.05. The van der Waals surface area contributed by atoms with E-state index in [1.165, 1.54) is 0 Å². The summed E-state index contributed by atoms with van der Waals surface area (Å²) >= 11 is 0. The molecule has 0 aromatic carbocycles. The van der Waals surface area contributed by atoms with Crippen LogP contribution >= 0.6 is 0 Å². The van der Waals surface area contributed by atoms with Crippen molar-refractivity contribution < 1.29 is 5.11 Å². The first-order chi connectivity index (χ1) is 7.18. The molecule has 0 bridgehead atoms. The van der Waals surface area contributed by atoms with E-state index in [0.29, 0.717) is 5.92 Å². The van der Waals surface area contributed by atoms with Gasteiger partial charge in [-0.2, -0.15) is 5.10 Å². The molecular formula is C11H19N3O. The number of likely N-dealkylation sites (tertiary alicyclic amines) is 1. The van der Waals surface area contributed by atoms with Crippen LogP contribution in [0.3, 0.4) is 0 Å². The van der Waals surface area contributed by atoms with E-state index in [9.17, 15) is 5.11 Å². The maximum Gasteiger partial charge on any atom is 0.0985 e. The zero-order valence-corrected chi connectivity index (χ0v) is 9.43. The number of hydrogen-bond acceptors (Lipinski definition) is 3. The zero-order valence-electron chi connectivity index (χ0n) is 9.43. The summed E-state index contributed by atoms with van der Waals surface area (Å²) in [5.74, 6) is 0.386. The van der Waals surface area contributed by atoms with Gasteiger partial charge < -0.3 is 10.0 Å². The third kappa shape index (κ3) is 2.21. The lowest BCUT2D eigenvalue weighted by molar-refractivity contribution is 0.0598. The number of rotatable bonds is 2. The van der Waals surface area contributed by atoms with Crippen molar-refractivity contribution in [3.05, 3.63) is 18.0 Å². The van der Waals surface area contributed by atoms with Crippen LogP contribution in [-0.4, -0.2) is 39.9 Å². The van der Waals surface area contributed by atoms with Crippen LogP contribution in [0.2, 0.25) is 0 Å². The van der Waals surface area contributed by atoms with Gasteiger partial charge in [0, 0.05) is 13.2 Å². The summed E-state index contributed by atoms with van der Waals surface area (Å²) in [6.45, 7) is 2.17. The Morgan fingerprint density at radius 3 is 2.60 bits per heavy atom. The molecule has 0 aliphatic carbocycles. The Bertz CT molecular complexity index is 315. The van der Waals surface area contributed by atoms with Gasteiger partial charge in [-0.3, -0.25) is 4.68 Å². The molecule has 1 aromatic rings. The van der Waals surface area contributed by atoms with Crippen LogP contribution in [0.5, 0.6) is 0 Å². The molecule has 0 spiro atoms. The third-order valence-corrected chi connectivity index (χ3v) is 3.37. The van der Waals surface area contributed by atoms with Crippen LogP contribution in [0, 0.1) is 5.92 Å². The van der Waals surface area contributed by atoms with Gasteiger partial charge in [-0.15, -0.1) is 0 Å². The molecule has 1 fully saturated rings. The van der Waals surface area contributed by atoms with Crippen molar-refractivity contribution in [1.29, 1.82) is 0 Å². The molecule has 2 heterocycles. The molecule has 4 heteroatoms. The van der Waals surface area contributed by atoms with Gasteiger partial charge in [-0.25, -0.2) is 0 Å². The van der Waals surface area contributed by atoms with Crippen molar-refractivity contribution in [2.24, 2.45) is 13.0 Å². The van der Waals surface area contributed by atoms with E-state index >= 15 is 0 Å². The smallest absolute Gasteiger partial charge is 0.0985 e. The molecule has 15 heavy (non-hydrogen) atoms. The Hall–Kier alpha value is -0.870. The van der Waals surface area contributed by atoms with E-state index in [0.717, 1.165) is 31.6 Å². The van der Waals surface area contributed by atoms with Crippen molar-refractivity contribution >= 4 is 0 Å². The average molecular weight is 209 g/mol. The van der Waals surface area contributed by atoms with Crippen molar-refractivity contribution in [3.63, 3.8) is 0 Å². The fourth-order valence-electron chi connectivity index (χ4n) is 2.26. The largest absolute Gasteiger partial charge is 0.387 e. The van der Waals surface area contributed by atoms with Crippen molar-refractivity contribution in [3.8, 4) is 0 Å². The van der Waals surface area contributed by atoms with Crippen LogP contribution in [0.4, 0.5) is 0 Å². The molecule has 1 N–H and O–H groups in total. The summed E-state index contributed by atoms with van der Waals surface area (Å²) in [6, 6.07) is 1.91. The van der Waals surface area contributed by atoms with E-state index < -0.39 is 0 Å². The first-order valence-electron chi connectivity index (χ1n) is 5.53. The van der Waals surface area contributed by atoms with Gasteiger partial charge >= 0.3 is 0 Å². The molecule has 0 amide bonds. The van der Waals surface area contributed by atoms with Gasteiger partial charge in [0.1, 0.15) is 0 Å². The Morgan fingerprint density at radius 2 is 2.07 bits per heavy atom. The maximum absolute atomic E-state index is 10.2. The molecule has 2 rings (SSSR count). The number of nitrogens with zero attached hydrogens (tertiary/aromatic N) is 3. The highest BCUT2D eigenvalue weighted by Gasteiger charge is 2.26. The summed E-state index contributed by atoms with van der Waals surface area (Å²) < 4.78 is 1.77. The fourth-order valence-corrected chi connectivity index (χ4v) is 2.26. The number of aromatic nitrogens is 2. The molecule has 1 atom stereocenters. The summed E-state index contributed by atoms with van der Waals surface area (Å²) in [7, 11) is 4.01. The first-order valence-corrected chi connectivity index (χ1v) is 5.53. The van der Waals surface area contributed by atoms with Crippen LogP contribution in [0.15, 0.2) is 12.3 Å². The summed E-state index contributed by atoms with van der Waals surface area (Å²) in [5, 5.41) is 14.3. The summed E-state index contributed by atoms with van der Waals surface area (Å²) in [6.07, 6.45) is 3.53. The lowest BCUT2D eigenvalue weighted by Crippen LogP contribution is -2.33. The number of aliphatic hydroxyl groups excluding tert-OH is 1. The summed E-state index contributed by atoms with van der Waals surface area (Å²) in [5.41, 5.74) is 0.935. The van der Waals surface area contributed by atoms with Gasteiger partial charge in [0.15, 0.2) is 0 Å². The average Bonchev–Trinajstić information content (AvgIpc) is 2.65. The van der Waals surface area contributed by atoms with Crippen molar-refractivity contribution in [1.82, 2.24) is 14.7 Å². The topological polar surface area (TPSA) is 41.3 Å². The van der Waals surface area contributed by atoms with E-state index in [2.05, 4.69) is 17.0 Å². The molecule has 1 aliphatic heterocycles. The van der Waals surface area contributed by atoms with E-state index in [4.69, 9.17) is 0 Å². The number of hydrogen-bond donors (Lipinski definition) is 1. The van der Waals surface area contributed by atoms with Crippen LogP contribution < -0.4 is 0 Å². The number of piperidine rings is 1. The van der Waals surface area contributed by atoms with Gasteiger partial charge in [0.25, 0.3) is 0 Å². The lowest BCUT2D eigenvalue weighted by Gasteiger charge is -2.31. The minimum atomic E-state index is -0.355. The second kappa shape index (κ2) is 4.33. The van der Waals surface area contributed by atoms with Crippen molar-refractivity contribution in [2.45, 2.75) is 18.9 Å². The minimum absolute atomic E-state index is 0.355. The molecule has 1 aliphatic rings. The van der Waals surface area contributed by atoms with Gasteiger partial charge in [0.05, 0.1) is 11.8 Å². The van der Waals surface area contributed by atoms with E-state index in [-0.39, 0.29) is 6.10 Å². The monoisotopic (exact) mass is 209 g/mol. The van der Waals surface area contributed by atoms with Gasteiger partial charge in [-0.1, -0.05) is 0 Å². The number of aryl methyl sites for hydroxylation is 1. The third-order valence-electron chi connectivity index (χ3n) is 3.37. The highest BCUT2D eigenvalue weighted by Crippen LogP contribution is 2.29.